The van der Waals surface area contributed by atoms with E-state index in [1.165, 1.54) is 43.5 Å². The average Bonchev–Trinajstić information content (AvgIpc) is 2.80. The predicted molar refractivity (Wildman–Crippen MR) is 121 cm³/mol. The lowest BCUT2D eigenvalue weighted by molar-refractivity contribution is -0.117. The fourth-order valence-electron chi connectivity index (χ4n) is 3.63. The lowest BCUT2D eigenvalue weighted by Gasteiger charge is -2.34. The summed E-state index contributed by atoms with van der Waals surface area (Å²) >= 11 is 0. The average molecular weight is 440 g/mol. The van der Waals surface area contributed by atoms with Crippen LogP contribution in [0.3, 0.4) is 0 Å². The summed E-state index contributed by atoms with van der Waals surface area (Å²) in [6.45, 7) is 6.44. The van der Waals surface area contributed by atoms with Gasteiger partial charge in [-0.1, -0.05) is 29.8 Å². The SMILES string of the molecule is COC(=O)c1ccc(C(=O)OC)c(NC(=O)CN2CCN(Cc3ccc(C)cc3)CC2)c1. The van der Waals surface area contributed by atoms with E-state index in [1.807, 2.05) is 0 Å². The molecular weight excluding hydrogens is 410 g/mol. The zero-order chi connectivity index (χ0) is 23.1. The van der Waals surface area contributed by atoms with Crippen molar-refractivity contribution in [2.45, 2.75) is 13.5 Å². The number of rotatable bonds is 7. The van der Waals surface area contributed by atoms with E-state index in [0.717, 1.165) is 32.7 Å². The minimum Gasteiger partial charge on any atom is -0.465 e. The fourth-order valence-corrected chi connectivity index (χ4v) is 3.63. The molecule has 1 saturated heterocycles. The van der Waals surface area contributed by atoms with E-state index >= 15 is 0 Å². The molecule has 8 nitrogen and oxygen atoms in total. The lowest BCUT2D eigenvalue weighted by atomic mass is 10.1. The molecule has 0 unspecified atom stereocenters. The maximum absolute atomic E-state index is 12.7. The van der Waals surface area contributed by atoms with Crippen LogP contribution < -0.4 is 5.32 Å². The largest absolute Gasteiger partial charge is 0.465 e. The maximum atomic E-state index is 12.7. The summed E-state index contributed by atoms with van der Waals surface area (Å²) in [6.07, 6.45) is 0. The van der Waals surface area contributed by atoms with E-state index in [0.29, 0.717) is 0 Å². The van der Waals surface area contributed by atoms with Gasteiger partial charge in [0.05, 0.1) is 37.6 Å². The fraction of sp³-hybridized carbons (Fsp3) is 0.375. The number of carbonyl (C=O) groups excluding carboxylic acids is 3. The van der Waals surface area contributed by atoms with Gasteiger partial charge in [-0.3, -0.25) is 14.6 Å². The Balaban J connectivity index is 1.57. The number of nitrogens with zero attached hydrogens (tertiary/aromatic N) is 2. The van der Waals surface area contributed by atoms with Crippen LogP contribution in [-0.4, -0.2) is 74.6 Å². The molecule has 32 heavy (non-hydrogen) atoms. The zero-order valence-corrected chi connectivity index (χ0v) is 18.7. The Hall–Kier alpha value is -3.23. The van der Waals surface area contributed by atoms with Crippen molar-refractivity contribution in [1.29, 1.82) is 0 Å². The van der Waals surface area contributed by atoms with Gasteiger partial charge in [0.2, 0.25) is 5.91 Å². The van der Waals surface area contributed by atoms with Gasteiger partial charge in [0.1, 0.15) is 0 Å². The molecule has 1 fully saturated rings. The van der Waals surface area contributed by atoms with Gasteiger partial charge in [-0.2, -0.15) is 0 Å². The molecule has 0 atom stereocenters. The van der Waals surface area contributed by atoms with Crippen molar-refractivity contribution in [1.82, 2.24) is 9.80 Å². The summed E-state index contributed by atoms with van der Waals surface area (Å²) in [5.74, 6) is -1.41. The summed E-state index contributed by atoms with van der Waals surface area (Å²) in [6, 6.07) is 12.9. The molecule has 1 aliphatic heterocycles. The summed E-state index contributed by atoms with van der Waals surface area (Å²) in [7, 11) is 2.53. The number of ether oxygens (including phenoxy) is 2. The molecule has 2 aromatic rings. The molecule has 0 saturated carbocycles. The van der Waals surface area contributed by atoms with E-state index in [9.17, 15) is 14.4 Å². The number of nitrogens with one attached hydrogen (secondary N) is 1. The standard InChI is InChI=1S/C24H29N3O5/c1-17-4-6-18(7-5-17)15-26-10-12-27(13-11-26)16-22(28)25-21-14-19(23(29)31-2)8-9-20(21)24(30)32-3/h4-9,14H,10-13,15-16H2,1-3H3,(H,25,28). The third kappa shape index (κ3) is 6.15. The smallest absolute Gasteiger partial charge is 0.339 e. The number of methoxy groups -OCH3 is 2. The van der Waals surface area contributed by atoms with Crippen molar-refractivity contribution >= 4 is 23.5 Å². The van der Waals surface area contributed by atoms with Crippen LogP contribution in [0.1, 0.15) is 31.8 Å². The summed E-state index contributed by atoms with van der Waals surface area (Å²) in [4.78, 5) is 41.0. The highest BCUT2D eigenvalue weighted by Crippen LogP contribution is 2.20. The number of carbonyl (C=O) groups is 3. The first-order valence-corrected chi connectivity index (χ1v) is 10.5. The van der Waals surface area contributed by atoms with Crippen LogP contribution in [0.15, 0.2) is 42.5 Å². The molecule has 0 aromatic heterocycles. The number of anilines is 1. The Morgan fingerprint density at radius 2 is 1.50 bits per heavy atom. The molecular formula is C24H29N3O5. The van der Waals surface area contributed by atoms with E-state index < -0.39 is 11.9 Å². The van der Waals surface area contributed by atoms with Crippen molar-refractivity contribution in [3.05, 3.63) is 64.7 Å². The van der Waals surface area contributed by atoms with Crippen LogP contribution in [0.25, 0.3) is 0 Å². The maximum Gasteiger partial charge on any atom is 0.339 e. The molecule has 1 N–H and O–H groups in total. The zero-order valence-electron chi connectivity index (χ0n) is 18.7. The minimum atomic E-state index is -0.596. The van der Waals surface area contributed by atoms with Crippen LogP contribution in [0.2, 0.25) is 0 Å². The number of hydrogen-bond donors (Lipinski definition) is 1. The van der Waals surface area contributed by atoms with Crippen LogP contribution in [0.4, 0.5) is 5.69 Å². The number of piperazine rings is 1. The van der Waals surface area contributed by atoms with Gasteiger partial charge < -0.3 is 14.8 Å². The number of amides is 1. The monoisotopic (exact) mass is 439 g/mol. The van der Waals surface area contributed by atoms with E-state index in [1.54, 1.807) is 0 Å². The second-order valence-electron chi connectivity index (χ2n) is 7.83. The number of esters is 2. The summed E-state index contributed by atoms with van der Waals surface area (Å²) < 4.78 is 9.50. The van der Waals surface area contributed by atoms with Crippen LogP contribution in [0.5, 0.6) is 0 Å². The Kier molecular flexibility index (Phi) is 7.97. The molecule has 170 valence electrons. The molecule has 0 radical (unpaired) electrons. The van der Waals surface area contributed by atoms with Gasteiger partial charge in [0.25, 0.3) is 0 Å². The predicted octanol–water partition coefficient (Wildman–Crippen LogP) is 2.32. The van der Waals surface area contributed by atoms with E-state index in [-0.39, 0.29) is 29.3 Å². The molecule has 1 amide bonds. The first-order valence-electron chi connectivity index (χ1n) is 10.5. The van der Waals surface area contributed by atoms with Gasteiger partial charge in [-0.25, -0.2) is 9.59 Å². The highest BCUT2D eigenvalue weighted by Gasteiger charge is 2.21. The van der Waals surface area contributed by atoms with Crippen LogP contribution >= 0.6 is 0 Å². The van der Waals surface area contributed by atoms with Gasteiger partial charge >= 0.3 is 11.9 Å². The molecule has 0 bridgehead atoms. The Morgan fingerprint density at radius 1 is 0.875 bits per heavy atom. The number of hydrogen-bond acceptors (Lipinski definition) is 7. The molecule has 8 heteroatoms. The quantitative estimate of drug-likeness (QED) is 0.663. The molecule has 0 spiro atoms. The van der Waals surface area contributed by atoms with Gasteiger partial charge in [-0.05, 0) is 30.7 Å². The molecule has 3 rings (SSSR count). The molecule has 0 aliphatic carbocycles. The number of benzene rings is 2. The van der Waals surface area contributed by atoms with Crippen molar-refractivity contribution in [2.24, 2.45) is 0 Å². The second-order valence-corrected chi connectivity index (χ2v) is 7.83. The van der Waals surface area contributed by atoms with Crippen molar-refractivity contribution in [2.75, 3.05) is 52.3 Å². The van der Waals surface area contributed by atoms with Crippen LogP contribution in [0, 0.1) is 6.92 Å². The highest BCUT2D eigenvalue weighted by molar-refractivity contribution is 6.03. The Morgan fingerprint density at radius 3 is 2.12 bits per heavy atom. The lowest BCUT2D eigenvalue weighted by Crippen LogP contribution is -2.48. The molecule has 2 aromatic carbocycles. The second kappa shape index (κ2) is 10.9. The Labute approximate surface area is 188 Å². The van der Waals surface area contributed by atoms with Crippen molar-refractivity contribution < 1.29 is 23.9 Å². The topological polar surface area (TPSA) is 88.2 Å². The molecule has 1 aliphatic rings. The first-order chi connectivity index (χ1) is 15.4. The van der Waals surface area contributed by atoms with Gasteiger partial charge in [0, 0.05) is 32.7 Å². The summed E-state index contributed by atoms with van der Waals surface area (Å²) in [5.41, 5.74) is 3.17. The molecule has 1 heterocycles. The third-order valence-electron chi connectivity index (χ3n) is 5.48. The van der Waals surface area contributed by atoms with E-state index in [2.05, 4.69) is 46.3 Å². The van der Waals surface area contributed by atoms with Gasteiger partial charge in [-0.15, -0.1) is 0 Å². The van der Waals surface area contributed by atoms with Crippen molar-refractivity contribution in [3.63, 3.8) is 0 Å². The van der Waals surface area contributed by atoms with Crippen LogP contribution in [-0.2, 0) is 20.8 Å². The van der Waals surface area contributed by atoms with Crippen molar-refractivity contribution in [3.8, 4) is 0 Å². The third-order valence-corrected chi connectivity index (χ3v) is 5.48. The van der Waals surface area contributed by atoms with E-state index in [4.69, 9.17) is 9.47 Å². The normalized spacial score (nSPS) is 14.6. The van der Waals surface area contributed by atoms with Gasteiger partial charge in [0.15, 0.2) is 0 Å². The first kappa shape index (κ1) is 23.4. The minimum absolute atomic E-state index is 0.177. The highest BCUT2D eigenvalue weighted by atomic mass is 16.5. The summed E-state index contributed by atoms with van der Waals surface area (Å²) in [5, 5.41) is 2.75. The Bertz CT molecular complexity index is 966. The number of aryl methyl sites for hydroxylation is 1.